The molecule has 1 aliphatic rings. The van der Waals surface area contributed by atoms with Crippen LogP contribution in [0.4, 0.5) is 0 Å². The van der Waals surface area contributed by atoms with Gasteiger partial charge in [-0.25, -0.2) is 9.67 Å². The predicted molar refractivity (Wildman–Crippen MR) is 102 cm³/mol. The quantitative estimate of drug-likeness (QED) is 0.896. The minimum absolute atomic E-state index is 0. The van der Waals surface area contributed by atoms with Crippen LogP contribution in [0.1, 0.15) is 28.7 Å². The molecule has 0 amide bonds. The molecule has 0 radical (unpaired) electrons. The van der Waals surface area contributed by atoms with E-state index < -0.39 is 0 Å². The highest BCUT2D eigenvalue weighted by molar-refractivity contribution is 5.85. The Kier molecular flexibility index (Phi) is 8.70. The molecule has 0 unspecified atom stereocenters. The number of halogens is 2. The lowest BCUT2D eigenvalue weighted by molar-refractivity contribution is 0.284. The number of hydrogen-bond acceptors (Lipinski definition) is 4. The van der Waals surface area contributed by atoms with Crippen molar-refractivity contribution in [2.24, 2.45) is 0 Å². The number of nitrogens with zero attached hydrogens (tertiary/aromatic N) is 4. The van der Waals surface area contributed by atoms with Crippen LogP contribution in [0.3, 0.4) is 0 Å². The average Bonchev–Trinajstić information content (AvgIpc) is 2.87. The number of aromatic nitrogens is 3. The highest BCUT2D eigenvalue weighted by atomic mass is 35.5. The smallest absolute Gasteiger partial charge is 0.137 e. The molecule has 3 rings (SSSR count). The fourth-order valence-electron chi connectivity index (χ4n) is 3.08. The van der Waals surface area contributed by atoms with Gasteiger partial charge in [0, 0.05) is 19.6 Å². The van der Waals surface area contributed by atoms with E-state index in [4.69, 9.17) is 0 Å². The van der Waals surface area contributed by atoms with E-state index in [1.54, 1.807) is 12.7 Å². The van der Waals surface area contributed by atoms with Crippen LogP contribution in [0.5, 0.6) is 0 Å². The summed E-state index contributed by atoms with van der Waals surface area (Å²) < 4.78 is 1.89. The van der Waals surface area contributed by atoms with Crippen LogP contribution < -0.4 is 5.32 Å². The molecular weight excluding hydrogens is 345 g/mol. The maximum Gasteiger partial charge on any atom is 0.137 e. The van der Waals surface area contributed by atoms with Gasteiger partial charge in [-0.3, -0.25) is 4.90 Å². The zero-order valence-electron chi connectivity index (χ0n) is 14.4. The molecule has 1 N–H and O–H groups in total. The zero-order chi connectivity index (χ0) is 15.4. The van der Waals surface area contributed by atoms with E-state index in [1.807, 2.05) is 4.68 Å². The molecule has 1 saturated heterocycles. The summed E-state index contributed by atoms with van der Waals surface area (Å²) in [7, 11) is 0. The molecule has 2 heterocycles. The van der Waals surface area contributed by atoms with Gasteiger partial charge in [-0.15, -0.1) is 24.8 Å². The number of benzene rings is 1. The number of aryl methyl sites for hydroxylation is 2. The first-order chi connectivity index (χ1) is 10.7. The van der Waals surface area contributed by atoms with Gasteiger partial charge in [0.2, 0.25) is 0 Å². The fourth-order valence-corrected chi connectivity index (χ4v) is 3.08. The van der Waals surface area contributed by atoms with Crippen molar-refractivity contribution in [3.05, 3.63) is 47.0 Å². The standard InChI is InChI=1S/C17H25N5.2ClH/c1-14-8-15(2)17(11-22-13-19-12-20-22)9-16(14)10-21-6-3-4-18-5-7-21;;/h8-9,12-13,18H,3-7,10-11H2,1-2H3;2*1H. The van der Waals surface area contributed by atoms with Gasteiger partial charge in [0.15, 0.2) is 0 Å². The van der Waals surface area contributed by atoms with Crippen molar-refractivity contribution in [3.8, 4) is 0 Å². The van der Waals surface area contributed by atoms with Gasteiger partial charge in [0.25, 0.3) is 0 Å². The van der Waals surface area contributed by atoms with Gasteiger partial charge < -0.3 is 5.32 Å². The van der Waals surface area contributed by atoms with Crippen LogP contribution in [0.25, 0.3) is 0 Å². The van der Waals surface area contributed by atoms with Crippen molar-refractivity contribution in [3.63, 3.8) is 0 Å². The Morgan fingerprint density at radius 2 is 1.75 bits per heavy atom. The molecule has 134 valence electrons. The van der Waals surface area contributed by atoms with Crippen LogP contribution in [-0.4, -0.2) is 45.8 Å². The Morgan fingerprint density at radius 3 is 2.46 bits per heavy atom. The third-order valence-electron chi connectivity index (χ3n) is 4.42. The second kappa shape index (κ2) is 9.99. The van der Waals surface area contributed by atoms with Gasteiger partial charge in [0.05, 0.1) is 6.54 Å². The summed E-state index contributed by atoms with van der Waals surface area (Å²) in [6.45, 7) is 10.8. The minimum atomic E-state index is 0. The van der Waals surface area contributed by atoms with Crippen molar-refractivity contribution in [2.75, 3.05) is 26.2 Å². The Morgan fingerprint density at radius 1 is 1.00 bits per heavy atom. The Balaban J connectivity index is 0.00000144. The molecule has 0 bridgehead atoms. The highest BCUT2D eigenvalue weighted by Crippen LogP contribution is 2.19. The van der Waals surface area contributed by atoms with E-state index >= 15 is 0 Å². The van der Waals surface area contributed by atoms with E-state index in [1.165, 1.54) is 35.2 Å². The number of nitrogens with one attached hydrogen (secondary N) is 1. The van der Waals surface area contributed by atoms with Crippen LogP contribution >= 0.6 is 24.8 Å². The molecular formula is C17H27Cl2N5. The molecule has 0 spiro atoms. The molecule has 1 aromatic heterocycles. The topological polar surface area (TPSA) is 46.0 Å². The first-order valence-corrected chi connectivity index (χ1v) is 8.07. The number of rotatable bonds is 4. The number of hydrogen-bond donors (Lipinski definition) is 1. The first-order valence-electron chi connectivity index (χ1n) is 8.07. The lowest BCUT2D eigenvalue weighted by Crippen LogP contribution is -2.28. The van der Waals surface area contributed by atoms with Gasteiger partial charge in [-0.1, -0.05) is 12.1 Å². The molecule has 1 aliphatic heterocycles. The zero-order valence-corrected chi connectivity index (χ0v) is 16.0. The third-order valence-corrected chi connectivity index (χ3v) is 4.42. The second-order valence-corrected chi connectivity index (χ2v) is 6.18. The summed E-state index contributed by atoms with van der Waals surface area (Å²) in [5.74, 6) is 0. The molecule has 0 saturated carbocycles. The van der Waals surface area contributed by atoms with Crippen LogP contribution in [0.2, 0.25) is 0 Å². The average molecular weight is 372 g/mol. The van der Waals surface area contributed by atoms with E-state index in [0.29, 0.717) is 0 Å². The van der Waals surface area contributed by atoms with Crippen molar-refractivity contribution < 1.29 is 0 Å². The summed E-state index contributed by atoms with van der Waals surface area (Å²) in [5, 5.41) is 7.69. The van der Waals surface area contributed by atoms with Gasteiger partial charge in [0.1, 0.15) is 12.7 Å². The fraction of sp³-hybridized carbons (Fsp3) is 0.529. The molecule has 1 aromatic carbocycles. The molecule has 2 aromatic rings. The monoisotopic (exact) mass is 371 g/mol. The minimum Gasteiger partial charge on any atom is -0.315 e. The van der Waals surface area contributed by atoms with Crippen molar-refractivity contribution in [1.29, 1.82) is 0 Å². The van der Waals surface area contributed by atoms with E-state index in [0.717, 1.165) is 32.7 Å². The van der Waals surface area contributed by atoms with Gasteiger partial charge in [-0.05, 0) is 55.6 Å². The van der Waals surface area contributed by atoms with Crippen LogP contribution in [0, 0.1) is 13.8 Å². The predicted octanol–water partition coefficient (Wildman–Crippen LogP) is 2.58. The summed E-state index contributed by atoms with van der Waals surface area (Å²) >= 11 is 0. The normalized spacial score (nSPS) is 15.2. The molecule has 1 fully saturated rings. The van der Waals surface area contributed by atoms with E-state index in [-0.39, 0.29) is 24.8 Å². The molecule has 24 heavy (non-hydrogen) atoms. The van der Waals surface area contributed by atoms with Gasteiger partial charge >= 0.3 is 0 Å². The lowest BCUT2D eigenvalue weighted by atomic mass is 9.99. The summed E-state index contributed by atoms with van der Waals surface area (Å²) in [5.41, 5.74) is 5.48. The van der Waals surface area contributed by atoms with Gasteiger partial charge in [-0.2, -0.15) is 5.10 Å². The molecule has 0 atom stereocenters. The second-order valence-electron chi connectivity index (χ2n) is 6.18. The summed E-state index contributed by atoms with van der Waals surface area (Å²) in [4.78, 5) is 6.58. The summed E-state index contributed by atoms with van der Waals surface area (Å²) in [6, 6.07) is 4.66. The largest absolute Gasteiger partial charge is 0.315 e. The van der Waals surface area contributed by atoms with Crippen molar-refractivity contribution in [2.45, 2.75) is 33.4 Å². The highest BCUT2D eigenvalue weighted by Gasteiger charge is 2.12. The van der Waals surface area contributed by atoms with E-state index in [2.05, 4.69) is 46.3 Å². The summed E-state index contributed by atoms with van der Waals surface area (Å²) in [6.07, 6.45) is 4.60. The van der Waals surface area contributed by atoms with E-state index in [9.17, 15) is 0 Å². The Bertz CT molecular complexity index is 608. The maximum absolute atomic E-state index is 4.22. The van der Waals surface area contributed by atoms with Crippen LogP contribution in [0.15, 0.2) is 24.8 Å². The molecule has 5 nitrogen and oxygen atoms in total. The SMILES string of the molecule is Cc1cc(C)c(Cn2cncn2)cc1CN1CCCNCC1.Cl.Cl. The van der Waals surface area contributed by atoms with Crippen LogP contribution in [-0.2, 0) is 13.1 Å². The third kappa shape index (κ3) is 5.45. The molecule has 7 heteroatoms. The maximum atomic E-state index is 4.22. The van der Waals surface area contributed by atoms with Crippen molar-refractivity contribution >= 4 is 24.8 Å². The van der Waals surface area contributed by atoms with Crippen molar-refractivity contribution in [1.82, 2.24) is 25.0 Å². The first kappa shape index (κ1) is 20.9. The Labute approximate surface area is 156 Å². The lowest BCUT2D eigenvalue weighted by Gasteiger charge is -2.22. The Hall–Kier alpha value is -1.14. The molecule has 0 aliphatic carbocycles.